The molecule has 2 rings (SSSR count). The van der Waals surface area contributed by atoms with Crippen molar-refractivity contribution in [2.75, 3.05) is 19.0 Å². The molecule has 134 valence electrons. The van der Waals surface area contributed by atoms with Crippen LogP contribution in [0.4, 0.5) is 5.69 Å². The number of anilines is 1. The predicted molar refractivity (Wildman–Crippen MR) is 104 cm³/mol. The van der Waals surface area contributed by atoms with E-state index in [0.717, 1.165) is 42.2 Å². The number of methoxy groups -OCH3 is 1. The highest BCUT2D eigenvalue weighted by molar-refractivity contribution is 7.80. The number of thiocarbonyl (C=S) groups is 1. The summed E-state index contributed by atoms with van der Waals surface area (Å²) in [7, 11) is 1.64. The smallest absolute Gasteiger partial charge is 0.195 e. The van der Waals surface area contributed by atoms with E-state index >= 15 is 0 Å². The highest BCUT2D eigenvalue weighted by atomic mass is 32.1. The third-order valence-electron chi connectivity index (χ3n) is 3.44. The number of unbranched alkanes of at least 4 members (excludes halogenated alkanes) is 1. The summed E-state index contributed by atoms with van der Waals surface area (Å²) in [4.78, 5) is 5.40. The highest BCUT2D eigenvalue weighted by Gasteiger charge is 2.00. The average molecular weight is 360 g/mol. The Bertz CT molecular complexity index is 645. The van der Waals surface area contributed by atoms with Crippen molar-refractivity contribution in [2.45, 2.75) is 26.4 Å². The maximum atomic E-state index is 5.63. The van der Waals surface area contributed by atoms with Gasteiger partial charge < -0.3 is 14.8 Å². The Morgan fingerprint density at radius 3 is 2.32 bits per heavy atom. The van der Waals surface area contributed by atoms with E-state index in [2.05, 4.69) is 17.7 Å². The Balaban J connectivity index is 1.70. The summed E-state index contributed by atoms with van der Waals surface area (Å²) in [6.45, 7) is 3.28. The minimum absolute atomic E-state index is 0.396. The van der Waals surface area contributed by atoms with Gasteiger partial charge in [0.25, 0.3) is 0 Å². The first-order valence-electron chi connectivity index (χ1n) is 8.26. The zero-order valence-electron chi connectivity index (χ0n) is 14.6. The molecule has 0 aliphatic heterocycles. The third kappa shape index (κ3) is 6.99. The summed E-state index contributed by atoms with van der Waals surface area (Å²) in [6.07, 6.45) is 2.18. The molecule has 0 amide bonds. The van der Waals surface area contributed by atoms with Crippen molar-refractivity contribution < 1.29 is 14.3 Å². The molecule has 0 aliphatic carbocycles. The van der Waals surface area contributed by atoms with Crippen LogP contribution in [-0.2, 0) is 11.4 Å². The molecule has 5 nitrogen and oxygen atoms in total. The number of ether oxygens (including phenoxy) is 2. The predicted octanol–water partition coefficient (Wildman–Crippen LogP) is 4.29. The Labute approximate surface area is 154 Å². The molecule has 0 bridgehead atoms. The fourth-order valence-corrected chi connectivity index (χ4v) is 2.21. The van der Waals surface area contributed by atoms with Crippen LogP contribution in [0.3, 0.4) is 0 Å². The van der Waals surface area contributed by atoms with Crippen molar-refractivity contribution >= 4 is 23.0 Å². The van der Waals surface area contributed by atoms with Gasteiger partial charge in [0, 0.05) is 5.69 Å². The first kappa shape index (κ1) is 19.0. The van der Waals surface area contributed by atoms with Crippen LogP contribution < -0.4 is 20.3 Å². The van der Waals surface area contributed by atoms with E-state index in [-0.39, 0.29) is 0 Å². The van der Waals surface area contributed by atoms with Gasteiger partial charge in [-0.25, -0.2) is 5.48 Å². The first-order chi connectivity index (χ1) is 12.2. The molecule has 2 aromatic rings. The molecule has 0 spiro atoms. The Morgan fingerprint density at radius 1 is 1.00 bits per heavy atom. The van der Waals surface area contributed by atoms with Crippen LogP contribution in [0, 0.1) is 0 Å². The average Bonchev–Trinajstić information content (AvgIpc) is 2.64. The molecule has 6 heteroatoms. The van der Waals surface area contributed by atoms with Crippen LogP contribution in [-0.4, -0.2) is 18.8 Å². The second kappa shape index (κ2) is 10.5. The van der Waals surface area contributed by atoms with Crippen LogP contribution in [0.25, 0.3) is 0 Å². The largest absolute Gasteiger partial charge is 0.497 e. The van der Waals surface area contributed by atoms with E-state index in [0.29, 0.717) is 11.7 Å². The summed E-state index contributed by atoms with van der Waals surface area (Å²) in [6, 6.07) is 15.3. The quantitative estimate of drug-likeness (QED) is 0.395. The number of rotatable bonds is 9. The lowest BCUT2D eigenvalue weighted by Crippen LogP contribution is -2.28. The summed E-state index contributed by atoms with van der Waals surface area (Å²) >= 11 is 5.21. The molecule has 0 radical (unpaired) electrons. The van der Waals surface area contributed by atoms with Gasteiger partial charge in [0.15, 0.2) is 5.11 Å². The molecule has 0 atom stereocenters. The maximum absolute atomic E-state index is 5.63. The van der Waals surface area contributed by atoms with Crippen molar-refractivity contribution in [3.63, 3.8) is 0 Å². The van der Waals surface area contributed by atoms with E-state index in [1.807, 2.05) is 48.5 Å². The van der Waals surface area contributed by atoms with Crippen LogP contribution >= 0.6 is 12.2 Å². The van der Waals surface area contributed by atoms with Gasteiger partial charge >= 0.3 is 0 Å². The fraction of sp³-hybridized carbons (Fsp3) is 0.316. The highest BCUT2D eigenvalue weighted by Crippen LogP contribution is 2.16. The molecule has 0 unspecified atom stereocenters. The van der Waals surface area contributed by atoms with Crippen LogP contribution in [0.1, 0.15) is 25.3 Å². The molecule has 0 aliphatic rings. The lowest BCUT2D eigenvalue weighted by Gasteiger charge is -2.11. The summed E-state index contributed by atoms with van der Waals surface area (Å²) in [5, 5.41) is 3.46. The van der Waals surface area contributed by atoms with E-state index in [1.54, 1.807) is 7.11 Å². The Kier molecular flexibility index (Phi) is 8.01. The summed E-state index contributed by atoms with van der Waals surface area (Å²) in [5.74, 6) is 1.67. The zero-order valence-corrected chi connectivity index (χ0v) is 15.4. The third-order valence-corrected chi connectivity index (χ3v) is 3.63. The fourth-order valence-electron chi connectivity index (χ4n) is 2.03. The molecule has 0 aromatic heterocycles. The molecule has 25 heavy (non-hydrogen) atoms. The van der Waals surface area contributed by atoms with Crippen molar-refractivity contribution in [1.82, 2.24) is 5.48 Å². The van der Waals surface area contributed by atoms with Gasteiger partial charge in [-0.1, -0.05) is 25.5 Å². The molecular formula is C19H24N2O3S. The molecule has 0 saturated carbocycles. The van der Waals surface area contributed by atoms with Crippen LogP contribution in [0.2, 0.25) is 0 Å². The van der Waals surface area contributed by atoms with Crippen LogP contribution in [0.5, 0.6) is 11.5 Å². The standard InChI is InChI=1S/C19H24N2O3S/c1-3-4-13-23-18-11-7-16(8-12-18)20-19(25)21-24-14-15-5-9-17(22-2)10-6-15/h5-12H,3-4,13-14H2,1-2H3,(H2,20,21,25). The number of nitrogens with one attached hydrogen (secondary N) is 2. The van der Waals surface area contributed by atoms with E-state index in [1.165, 1.54) is 0 Å². The van der Waals surface area contributed by atoms with Gasteiger partial charge in [0.2, 0.25) is 0 Å². The molecule has 0 heterocycles. The lowest BCUT2D eigenvalue weighted by atomic mass is 10.2. The lowest BCUT2D eigenvalue weighted by molar-refractivity contribution is 0.0728. The normalized spacial score (nSPS) is 10.2. The van der Waals surface area contributed by atoms with Crippen molar-refractivity contribution in [2.24, 2.45) is 0 Å². The van der Waals surface area contributed by atoms with Crippen LogP contribution in [0.15, 0.2) is 48.5 Å². The minimum Gasteiger partial charge on any atom is -0.497 e. The molecule has 2 N–H and O–H groups in total. The number of benzene rings is 2. The number of hydroxylamine groups is 1. The van der Waals surface area contributed by atoms with E-state index < -0.39 is 0 Å². The monoisotopic (exact) mass is 360 g/mol. The van der Waals surface area contributed by atoms with E-state index in [4.69, 9.17) is 26.5 Å². The molecular weight excluding hydrogens is 336 g/mol. The van der Waals surface area contributed by atoms with Crippen molar-refractivity contribution in [3.8, 4) is 11.5 Å². The number of hydrogen-bond donors (Lipinski definition) is 2. The number of hydrogen-bond acceptors (Lipinski definition) is 4. The van der Waals surface area contributed by atoms with Crippen molar-refractivity contribution in [3.05, 3.63) is 54.1 Å². The van der Waals surface area contributed by atoms with Gasteiger partial charge in [0.1, 0.15) is 11.5 Å². The Morgan fingerprint density at radius 2 is 1.68 bits per heavy atom. The molecule has 0 fully saturated rings. The molecule has 2 aromatic carbocycles. The first-order valence-corrected chi connectivity index (χ1v) is 8.66. The summed E-state index contributed by atoms with van der Waals surface area (Å²) in [5.41, 5.74) is 4.61. The van der Waals surface area contributed by atoms with Gasteiger partial charge in [-0.2, -0.15) is 0 Å². The van der Waals surface area contributed by atoms with Gasteiger partial charge in [-0.15, -0.1) is 0 Å². The van der Waals surface area contributed by atoms with E-state index in [9.17, 15) is 0 Å². The topological polar surface area (TPSA) is 51.8 Å². The van der Waals surface area contributed by atoms with Gasteiger partial charge in [-0.3, -0.25) is 4.84 Å². The van der Waals surface area contributed by atoms with Crippen molar-refractivity contribution in [1.29, 1.82) is 0 Å². The zero-order chi connectivity index (χ0) is 17.9. The summed E-state index contributed by atoms with van der Waals surface area (Å²) < 4.78 is 10.7. The van der Waals surface area contributed by atoms with Gasteiger partial charge in [-0.05, 0) is 60.6 Å². The minimum atomic E-state index is 0.396. The second-order valence-electron chi connectivity index (χ2n) is 5.42. The Hall–Kier alpha value is -2.31. The SMILES string of the molecule is CCCCOc1ccc(NC(=S)NOCc2ccc(OC)cc2)cc1. The second-order valence-corrected chi connectivity index (χ2v) is 5.83. The maximum Gasteiger partial charge on any atom is 0.195 e. The van der Waals surface area contributed by atoms with Gasteiger partial charge in [0.05, 0.1) is 20.3 Å². The molecule has 0 saturated heterocycles.